The van der Waals surface area contributed by atoms with Gasteiger partial charge >= 0.3 is 0 Å². The molecule has 0 radical (unpaired) electrons. The Bertz CT molecular complexity index is 939. The van der Waals surface area contributed by atoms with Gasteiger partial charge in [-0.05, 0) is 32.1 Å². The molecule has 1 aliphatic rings. The Morgan fingerprint density at radius 3 is 1.54 bits per heavy atom. The van der Waals surface area contributed by atoms with Crippen molar-refractivity contribution in [3.05, 3.63) is 12.2 Å². The molecule has 338 valence electrons. The molecule has 1 heterocycles. The minimum absolute atomic E-state index is 0.263. The molecule has 0 aromatic carbocycles. The molecule has 1 rings (SSSR count). The van der Waals surface area contributed by atoms with Crippen molar-refractivity contribution in [1.29, 1.82) is 0 Å². The third-order valence-corrected chi connectivity index (χ3v) is 11.5. The predicted octanol–water partition coefficient (Wildman–Crippen LogP) is 7.67. The van der Waals surface area contributed by atoms with Gasteiger partial charge in [0, 0.05) is 0 Å². The molecule has 11 heteroatoms. The molecule has 0 aromatic heterocycles. The van der Waals surface area contributed by atoms with Crippen molar-refractivity contribution in [3.8, 4) is 0 Å². The summed E-state index contributed by atoms with van der Waals surface area (Å²) in [6.45, 7) is 3.39. The van der Waals surface area contributed by atoms with Crippen molar-refractivity contribution in [1.82, 2.24) is 5.32 Å². The summed E-state index contributed by atoms with van der Waals surface area (Å²) >= 11 is 0. The molecule has 0 spiro atoms. The summed E-state index contributed by atoms with van der Waals surface area (Å²) in [5.41, 5.74) is 0. The molecule has 57 heavy (non-hydrogen) atoms. The maximum atomic E-state index is 13.1. The summed E-state index contributed by atoms with van der Waals surface area (Å²) in [4.78, 5) is 13.1. The molecule has 8 N–H and O–H groups in total. The van der Waals surface area contributed by atoms with Gasteiger partial charge in [0.25, 0.3) is 0 Å². The summed E-state index contributed by atoms with van der Waals surface area (Å²) in [7, 11) is 0. The first-order valence-corrected chi connectivity index (χ1v) is 23.6. The molecular formula is C46H89NO10. The largest absolute Gasteiger partial charge is 0.394 e. The summed E-state index contributed by atoms with van der Waals surface area (Å²) in [5, 5.41) is 75.7. The first-order chi connectivity index (χ1) is 27.7. The quantitative estimate of drug-likeness (QED) is 0.0226. The van der Waals surface area contributed by atoms with E-state index in [1.165, 1.54) is 122 Å². The zero-order valence-electron chi connectivity index (χ0n) is 36.3. The van der Waals surface area contributed by atoms with Crippen molar-refractivity contribution in [2.45, 2.75) is 262 Å². The fourth-order valence-electron chi connectivity index (χ4n) is 7.62. The Morgan fingerprint density at radius 2 is 1.05 bits per heavy atom. The number of rotatable bonds is 39. The molecule has 11 nitrogen and oxygen atoms in total. The third kappa shape index (κ3) is 26.6. The lowest BCUT2D eigenvalue weighted by molar-refractivity contribution is -0.303. The lowest BCUT2D eigenvalue weighted by Gasteiger charge is -2.40. The van der Waals surface area contributed by atoms with E-state index in [2.05, 4.69) is 31.3 Å². The highest BCUT2D eigenvalue weighted by Crippen LogP contribution is 2.23. The Morgan fingerprint density at radius 1 is 0.596 bits per heavy atom. The van der Waals surface area contributed by atoms with Gasteiger partial charge in [0.15, 0.2) is 6.29 Å². The second kappa shape index (κ2) is 36.7. The van der Waals surface area contributed by atoms with Crippen LogP contribution < -0.4 is 5.32 Å². The van der Waals surface area contributed by atoms with E-state index in [-0.39, 0.29) is 6.42 Å². The topological polar surface area (TPSA) is 189 Å². The van der Waals surface area contributed by atoms with Crippen molar-refractivity contribution in [2.75, 3.05) is 13.2 Å². The molecule has 0 saturated carbocycles. The van der Waals surface area contributed by atoms with E-state index in [1.807, 2.05) is 0 Å². The van der Waals surface area contributed by atoms with Crippen LogP contribution in [-0.2, 0) is 14.3 Å². The number of aliphatic hydroxyl groups excluding tert-OH is 7. The molecule has 1 saturated heterocycles. The number of nitrogens with one attached hydrogen (secondary N) is 1. The Hall–Kier alpha value is -1.15. The number of hydrogen-bond acceptors (Lipinski definition) is 10. The zero-order valence-corrected chi connectivity index (χ0v) is 36.3. The number of ether oxygens (including phenoxy) is 2. The van der Waals surface area contributed by atoms with Gasteiger partial charge in [-0.2, -0.15) is 0 Å². The standard InChI is InChI=1S/C46H89NO10/c1-3-5-7-9-11-13-15-17-19-20-22-24-26-28-30-32-34-39(50)45(55)47-37(36-56-46-44(54)43(53)42(52)40(35-48)57-46)41(51)38(49)33-31-29-27-25-23-21-18-16-14-12-10-8-6-4-2/h8,10,37-44,46,48-54H,3-7,9,11-36H2,1-2H3,(H,47,55). The monoisotopic (exact) mass is 816 g/mol. The summed E-state index contributed by atoms with van der Waals surface area (Å²) in [6, 6.07) is -1.16. The van der Waals surface area contributed by atoms with Gasteiger partial charge < -0.3 is 50.5 Å². The molecule has 9 atom stereocenters. The average molecular weight is 816 g/mol. The molecule has 9 unspecified atom stereocenters. The lowest BCUT2D eigenvalue weighted by Crippen LogP contribution is -2.60. The van der Waals surface area contributed by atoms with Crippen molar-refractivity contribution in [2.24, 2.45) is 0 Å². The minimum Gasteiger partial charge on any atom is -0.394 e. The number of amides is 1. The maximum absolute atomic E-state index is 13.1. The third-order valence-electron chi connectivity index (χ3n) is 11.5. The summed E-state index contributed by atoms with van der Waals surface area (Å²) in [6.07, 6.45) is 26.8. The summed E-state index contributed by atoms with van der Waals surface area (Å²) in [5.74, 6) is -0.697. The Labute approximate surface area is 347 Å². The highest BCUT2D eigenvalue weighted by atomic mass is 16.7. The van der Waals surface area contributed by atoms with E-state index in [1.54, 1.807) is 0 Å². The molecule has 1 aliphatic heterocycles. The van der Waals surface area contributed by atoms with Gasteiger partial charge in [-0.15, -0.1) is 0 Å². The van der Waals surface area contributed by atoms with Gasteiger partial charge in [-0.1, -0.05) is 187 Å². The van der Waals surface area contributed by atoms with E-state index in [0.29, 0.717) is 19.3 Å². The van der Waals surface area contributed by atoms with Crippen LogP contribution in [0.15, 0.2) is 12.2 Å². The van der Waals surface area contributed by atoms with Gasteiger partial charge in [-0.25, -0.2) is 0 Å². The molecule has 0 aromatic rings. The number of carbonyl (C=O) groups excluding carboxylic acids is 1. The van der Waals surface area contributed by atoms with Crippen LogP contribution in [0.1, 0.15) is 206 Å². The minimum atomic E-state index is -1.66. The van der Waals surface area contributed by atoms with Crippen LogP contribution in [-0.4, -0.2) is 110 Å². The highest BCUT2D eigenvalue weighted by Gasteiger charge is 2.44. The van der Waals surface area contributed by atoms with Crippen LogP contribution in [0.25, 0.3) is 0 Å². The highest BCUT2D eigenvalue weighted by molar-refractivity contribution is 5.80. The van der Waals surface area contributed by atoms with E-state index < -0.39 is 74.2 Å². The molecule has 0 aliphatic carbocycles. The second-order valence-corrected chi connectivity index (χ2v) is 16.8. The predicted molar refractivity (Wildman–Crippen MR) is 229 cm³/mol. The van der Waals surface area contributed by atoms with E-state index in [9.17, 15) is 40.5 Å². The zero-order chi connectivity index (χ0) is 41.9. The van der Waals surface area contributed by atoms with E-state index in [4.69, 9.17) is 9.47 Å². The van der Waals surface area contributed by atoms with Crippen molar-refractivity contribution >= 4 is 5.91 Å². The number of unbranched alkanes of at least 4 members (excludes halogenated alkanes) is 25. The normalized spacial score (nSPS) is 22.2. The fourth-order valence-corrected chi connectivity index (χ4v) is 7.62. The molecule has 0 bridgehead atoms. The number of hydrogen-bond donors (Lipinski definition) is 8. The van der Waals surface area contributed by atoms with Crippen LogP contribution >= 0.6 is 0 Å². The van der Waals surface area contributed by atoms with E-state index in [0.717, 1.165) is 44.9 Å². The molecular weight excluding hydrogens is 727 g/mol. The number of carbonyl (C=O) groups is 1. The van der Waals surface area contributed by atoms with E-state index >= 15 is 0 Å². The Balaban J connectivity index is 2.44. The molecule has 1 fully saturated rings. The van der Waals surface area contributed by atoms with Crippen molar-refractivity contribution in [3.63, 3.8) is 0 Å². The first-order valence-electron chi connectivity index (χ1n) is 23.6. The first kappa shape index (κ1) is 53.9. The van der Waals surface area contributed by atoms with Crippen LogP contribution in [0.5, 0.6) is 0 Å². The van der Waals surface area contributed by atoms with Crippen LogP contribution in [0.2, 0.25) is 0 Å². The van der Waals surface area contributed by atoms with Gasteiger partial charge in [0.2, 0.25) is 5.91 Å². The Kier molecular flexibility index (Phi) is 34.7. The SMILES string of the molecule is CCCC=CCCCCCCCCCCCC(O)C(O)C(COC1OC(CO)C(O)C(O)C1O)NC(=O)C(O)CCCCCCCCCCCCCCCCCC. The smallest absolute Gasteiger partial charge is 0.249 e. The van der Waals surface area contributed by atoms with Crippen LogP contribution in [0.4, 0.5) is 0 Å². The van der Waals surface area contributed by atoms with Gasteiger partial charge in [0.05, 0.1) is 25.4 Å². The fraction of sp³-hybridized carbons (Fsp3) is 0.935. The maximum Gasteiger partial charge on any atom is 0.249 e. The van der Waals surface area contributed by atoms with Gasteiger partial charge in [-0.3, -0.25) is 4.79 Å². The van der Waals surface area contributed by atoms with Gasteiger partial charge in [0.1, 0.15) is 36.6 Å². The summed E-state index contributed by atoms with van der Waals surface area (Å²) < 4.78 is 11.1. The van der Waals surface area contributed by atoms with Crippen molar-refractivity contribution < 1.29 is 50.0 Å². The second-order valence-electron chi connectivity index (χ2n) is 16.8. The molecule has 1 amide bonds. The average Bonchev–Trinajstić information content (AvgIpc) is 3.21. The number of aliphatic hydroxyl groups is 7. The number of allylic oxidation sites excluding steroid dienone is 2. The lowest BCUT2D eigenvalue weighted by atomic mass is 9.98. The van der Waals surface area contributed by atoms with Crippen LogP contribution in [0, 0.1) is 0 Å². The van der Waals surface area contributed by atoms with Crippen LogP contribution in [0.3, 0.4) is 0 Å².